The number of halogens is 1. The van der Waals surface area contributed by atoms with Gasteiger partial charge in [-0.25, -0.2) is 0 Å². The standard InChI is InChI=1S/C11H23ClN2/c1-13(2)10-11-6-5-9-14(11)8-4-3-7-12/h11H,3-10H2,1-2H3. The van der Waals surface area contributed by atoms with Crippen LogP contribution in [0.25, 0.3) is 0 Å². The fraction of sp³-hybridized carbons (Fsp3) is 1.00. The van der Waals surface area contributed by atoms with Crippen LogP contribution in [-0.4, -0.2) is 55.5 Å². The molecule has 1 heterocycles. The molecule has 14 heavy (non-hydrogen) atoms. The number of hydrogen-bond donors (Lipinski definition) is 0. The zero-order valence-corrected chi connectivity index (χ0v) is 10.3. The Morgan fingerprint density at radius 3 is 2.79 bits per heavy atom. The lowest BCUT2D eigenvalue weighted by molar-refractivity contribution is 0.205. The molecule has 1 unspecified atom stereocenters. The maximum Gasteiger partial charge on any atom is 0.0223 e. The van der Waals surface area contributed by atoms with Gasteiger partial charge in [0.05, 0.1) is 0 Å². The predicted octanol–water partition coefficient (Wildman–Crippen LogP) is 2.03. The SMILES string of the molecule is CN(C)CC1CCCN1CCCCCl. The maximum absolute atomic E-state index is 5.68. The van der Waals surface area contributed by atoms with E-state index in [1.165, 1.54) is 38.9 Å². The molecule has 0 bridgehead atoms. The van der Waals surface area contributed by atoms with E-state index in [1.54, 1.807) is 0 Å². The molecule has 1 aliphatic rings. The van der Waals surface area contributed by atoms with Crippen LogP contribution in [0.15, 0.2) is 0 Å². The third-order valence-electron chi connectivity index (χ3n) is 2.90. The molecule has 1 aliphatic heterocycles. The zero-order chi connectivity index (χ0) is 10.4. The van der Waals surface area contributed by atoms with Crippen LogP contribution in [-0.2, 0) is 0 Å². The Balaban J connectivity index is 2.21. The van der Waals surface area contributed by atoms with Crippen LogP contribution in [0.2, 0.25) is 0 Å². The average Bonchev–Trinajstić information content (AvgIpc) is 2.52. The molecule has 2 nitrogen and oxygen atoms in total. The highest BCUT2D eigenvalue weighted by Crippen LogP contribution is 2.18. The Morgan fingerprint density at radius 2 is 2.14 bits per heavy atom. The Labute approximate surface area is 93.2 Å². The molecule has 3 heteroatoms. The van der Waals surface area contributed by atoms with E-state index >= 15 is 0 Å². The number of likely N-dealkylation sites (tertiary alicyclic amines) is 1. The van der Waals surface area contributed by atoms with Gasteiger partial charge in [0.1, 0.15) is 0 Å². The third kappa shape index (κ3) is 4.16. The predicted molar refractivity (Wildman–Crippen MR) is 63.1 cm³/mol. The van der Waals surface area contributed by atoms with E-state index in [0.717, 1.165) is 18.3 Å². The van der Waals surface area contributed by atoms with Crippen molar-refractivity contribution in [3.8, 4) is 0 Å². The number of rotatable bonds is 6. The Bertz CT molecular complexity index is 150. The van der Waals surface area contributed by atoms with Gasteiger partial charge in [0.15, 0.2) is 0 Å². The smallest absolute Gasteiger partial charge is 0.0223 e. The molecule has 0 amide bonds. The summed E-state index contributed by atoms with van der Waals surface area (Å²) in [5, 5.41) is 0. The van der Waals surface area contributed by atoms with Gasteiger partial charge in [-0.05, 0) is 52.9 Å². The maximum atomic E-state index is 5.68. The van der Waals surface area contributed by atoms with Crippen molar-refractivity contribution in [2.75, 3.05) is 39.6 Å². The number of alkyl halides is 1. The molecule has 0 N–H and O–H groups in total. The van der Waals surface area contributed by atoms with E-state index in [1.807, 2.05) is 0 Å². The molecule has 0 aromatic rings. The molecule has 0 saturated carbocycles. The van der Waals surface area contributed by atoms with Crippen LogP contribution in [0, 0.1) is 0 Å². The van der Waals surface area contributed by atoms with Crippen LogP contribution in [0.1, 0.15) is 25.7 Å². The van der Waals surface area contributed by atoms with Gasteiger partial charge in [-0.3, -0.25) is 4.90 Å². The summed E-state index contributed by atoms with van der Waals surface area (Å²) in [5.41, 5.74) is 0. The summed E-state index contributed by atoms with van der Waals surface area (Å²) in [5.74, 6) is 0.812. The average molecular weight is 219 g/mol. The molecule has 0 radical (unpaired) electrons. The number of nitrogens with zero attached hydrogens (tertiary/aromatic N) is 2. The van der Waals surface area contributed by atoms with Crippen molar-refractivity contribution in [1.82, 2.24) is 9.80 Å². The van der Waals surface area contributed by atoms with Crippen molar-refractivity contribution in [2.24, 2.45) is 0 Å². The van der Waals surface area contributed by atoms with Crippen molar-refractivity contribution < 1.29 is 0 Å². The highest BCUT2D eigenvalue weighted by molar-refractivity contribution is 6.17. The molecule has 1 fully saturated rings. The number of unbranched alkanes of at least 4 members (excludes halogenated alkanes) is 1. The lowest BCUT2D eigenvalue weighted by atomic mass is 10.2. The van der Waals surface area contributed by atoms with Crippen LogP contribution in [0.4, 0.5) is 0 Å². The van der Waals surface area contributed by atoms with Gasteiger partial charge in [0.25, 0.3) is 0 Å². The Morgan fingerprint density at radius 1 is 1.36 bits per heavy atom. The second kappa shape index (κ2) is 6.65. The van der Waals surface area contributed by atoms with Crippen molar-refractivity contribution in [3.05, 3.63) is 0 Å². The summed E-state index contributed by atoms with van der Waals surface area (Å²) < 4.78 is 0. The fourth-order valence-corrected chi connectivity index (χ4v) is 2.42. The normalized spacial score (nSPS) is 23.6. The van der Waals surface area contributed by atoms with Gasteiger partial charge < -0.3 is 4.90 Å². The van der Waals surface area contributed by atoms with Gasteiger partial charge in [-0.1, -0.05) is 0 Å². The van der Waals surface area contributed by atoms with E-state index in [9.17, 15) is 0 Å². The quantitative estimate of drug-likeness (QED) is 0.497. The topological polar surface area (TPSA) is 6.48 Å². The van der Waals surface area contributed by atoms with Gasteiger partial charge in [-0.15, -0.1) is 11.6 Å². The minimum atomic E-state index is 0.792. The molecule has 0 aromatic heterocycles. The minimum Gasteiger partial charge on any atom is -0.308 e. The summed E-state index contributed by atoms with van der Waals surface area (Å²) in [4.78, 5) is 4.93. The molecule has 1 saturated heterocycles. The van der Waals surface area contributed by atoms with E-state index in [0.29, 0.717) is 0 Å². The second-order valence-corrected chi connectivity index (χ2v) is 4.87. The highest BCUT2D eigenvalue weighted by atomic mass is 35.5. The lowest BCUT2D eigenvalue weighted by Crippen LogP contribution is -2.38. The van der Waals surface area contributed by atoms with Crippen molar-refractivity contribution in [3.63, 3.8) is 0 Å². The van der Waals surface area contributed by atoms with E-state index in [-0.39, 0.29) is 0 Å². The monoisotopic (exact) mass is 218 g/mol. The van der Waals surface area contributed by atoms with Gasteiger partial charge in [-0.2, -0.15) is 0 Å². The molecular weight excluding hydrogens is 196 g/mol. The Hall–Kier alpha value is 0.210. The first-order valence-corrected chi connectivity index (χ1v) is 6.22. The van der Waals surface area contributed by atoms with E-state index in [2.05, 4.69) is 23.9 Å². The minimum absolute atomic E-state index is 0.792. The Kier molecular flexibility index (Phi) is 5.83. The van der Waals surface area contributed by atoms with Crippen molar-refractivity contribution in [1.29, 1.82) is 0 Å². The van der Waals surface area contributed by atoms with Crippen LogP contribution in [0.3, 0.4) is 0 Å². The molecule has 1 atom stereocenters. The summed E-state index contributed by atoms with van der Waals surface area (Å²) >= 11 is 5.68. The third-order valence-corrected chi connectivity index (χ3v) is 3.17. The van der Waals surface area contributed by atoms with E-state index in [4.69, 9.17) is 11.6 Å². The first-order chi connectivity index (χ1) is 6.74. The molecule has 0 aliphatic carbocycles. The molecule has 0 aromatic carbocycles. The summed E-state index contributed by atoms with van der Waals surface area (Å²) in [6, 6.07) is 0.792. The van der Waals surface area contributed by atoms with E-state index < -0.39 is 0 Å². The summed E-state index contributed by atoms with van der Waals surface area (Å²) in [6.45, 7) is 3.74. The van der Waals surface area contributed by atoms with Crippen molar-refractivity contribution in [2.45, 2.75) is 31.7 Å². The molecular formula is C11H23ClN2. The number of likely N-dealkylation sites (N-methyl/N-ethyl adjacent to an activating group) is 1. The van der Waals surface area contributed by atoms with Gasteiger partial charge in [0.2, 0.25) is 0 Å². The van der Waals surface area contributed by atoms with Gasteiger partial charge >= 0.3 is 0 Å². The second-order valence-electron chi connectivity index (χ2n) is 4.49. The lowest BCUT2D eigenvalue weighted by Gasteiger charge is -2.26. The van der Waals surface area contributed by atoms with Crippen LogP contribution in [0.5, 0.6) is 0 Å². The van der Waals surface area contributed by atoms with Crippen molar-refractivity contribution >= 4 is 11.6 Å². The van der Waals surface area contributed by atoms with Crippen LogP contribution < -0.4 is 0 Å². The zero-order valence-electron chi connectivity index (χ0n) is 9.51. The first-order valence-electron chi connectivity index (χ1n) is 5.69. The van der Waals surface area contributed by atoms with Crippen LogP contribution >= 0.6 is 11.6 Å². The largest absolute Gasteiger partial charge is 0.308 e. The molecule has 0 spiro atoms. The first kappa shape index (κ1) is 12.3. The molecule has 1 rings (SSSR count). The van der Waals surface area contributed by atoms with Gasteiger partial charge in [0, 0.05) is 18.5 Å². The summed E-state index contributed by atoms with van der Waals surface area (Å²) in [6.07, 6.45) is 5.17. The highest BCUT2D eigenvalue weighted by Gasteiger charge is 2.23. The molecule has 84 valence electrons. The number of hydrogen-bond acceptors (Lipinski definition) is 2. The summed E-state index contributed by atoms with van der Waals surface area (Å²) in [7, 11) is 4.32. The fourth-order valence-electron chi connectivity index (χ4n) is 2.23.